The van der Waals surface area contributed by atoms with Gasteiger partial charge in [-0.25, -0.2) is 8.42 Å². The lowest BCUT2D eigenvalue weighted by molar-refractivity contribution is -0.141. The lowest BCUT2D eigenvalue weighted by Gasteiger charge is -2.32. The van der Waals surface area contributed by atoms with Crippen molar-refractivity contribution in [3.63, 3.8) is 0 Å². The fourth-order valence-electron chi connectivity index (χ4n) is 4.67. The highest BCUT2D eigenvalue weighted by molar-refractivity contribution is 7.92. The summed E-state index contributed by atoms with van der Waals surface area (Å²) in [6.07, 6.45) is 3.81. The molecule has 8 heteroatoms. The molecule has 0 aliphatic rings. The molecule has 3 aromatic carbocycles. The number of anilines is 1. The van der Waals surface area contributed by atoms with Crippen LogP contribution in [-0.4, -0.2) is 50.5 Å². The molecule has 0 heterocycles. The predicted octanol–water partition coefficient (Wildman–Crippen LogP) is 5.10. The van der Waals surface area contributed by atoms with Crippen molar-refractivity contribution in [1.82, 2.24) is 10.2 Å². The average Bonchev–Trinajstić information content (AvgIpc) is 2.94. The SMILES string of the molecule is CCCCNC(=O)[C@H](Cc1ccccc1)N(Cc1ccccc1)C(=O)CCCN(c1ccccc1C)S(C)(=O)=O. The van der Waals surface area contributed by atoms with Crippen LogP contribution in [0.3, 0.4) is 0 Å². The molecule has 0 aromatic heterocycles. The maximum atomic E-state index is 13.8. The minimum Gasteiger partial charge on any atom is -0.354 e. The summed E-state index contributed by atoms with van der Waals surface area (Å²) in [5.74, 6) is -0.368. The summed E-state index contributed by atoms with van der Waals surface area (Å²) in [5.41, 5.74) is 3.34. The molecule has 0 bridgehead atoms. The van der Waals surface area contributed by atoms with Gasteiger partial charge in [-0.05, 0) is 42.5 Å². The van der Waals surface area contributed by atoms with Crippen LogP contribution in [0.1, 0.15) is 49.3 Å². The molecule has 0 aliphatic heterocycles. The van der Waals surface area contributed by atoms with E-state index in [1.54, 1.807) is 17.0 Å². The first-order valence-electron chi connectivity index (χ1n) is 13.9. The third-order valence-corrected chi connectivity index (χ3v) is 8.01. The van der Waals surface area contributed by atoms with Gasteiger partial charge in [0.2, 0.25) is 21.8 Å². The van der Waals surface area contributed by atoms with Crippen molar-refractivity contribution in [1.29, 1.82) is 0 Å². The minimum absolute atomic E-state index is 0.109. The van der Waals surface area contributed by atoms with Crippen LogP contribution in [0.5, 0.6) is 0 Å². The topological polar surface area (TPSA) is 86.8 Å². The van der Waals surface area contributed by atoms with Gasteiger partial charge in [0.15, 0.2) is 0 Å². The Morgan fingerprint density at radius 1 is 0.850 bits per heavy atom. The van der Waals surface area contributed by atoms with E-state index < -0.39 is 16.1 Å². The predicted molar refractivity (Wildman–Crippen MR) is 161 cm³/mol. The smallest absolute Gasteiger partial charge is 0.243 e. The van der Waals surface area contributed by atoms with Crippen LogP contribution in [0.25, 0.3) is 0 Å². The zero-order chi connectivity index (χ0) is 29.0. The van der Waals surface area contributed by atoms with Crippen molar-refractivity contribution in [3.8, 4) is 0 Å². The minimum atomic E-state index is -3.55. The Morgan fingerprint density at radius 3 is 2.05 bits per heavy atom. The van der Waals surface area contributed by atoms with Gasteiger partial charge in [-0.3, -0.25) is 13.9 Å². The Kier molecular flexibility index (Phi) is 11.8. The number of para-hydroxylation sites is 1. The zero-order valence-electron chi connectivity index (χ0n) is 23.8. The molecule has 2 amide bonds. The molecule has 3 rings (SSSR count). The van der Waals surface area contributed by atoms with E-state index in [4.69, 9.17) is 0 Å². The Morgan fingerprint density at radius 2 is 1.45 bits per heavy atom. The van der Waals surface area contributed by atoms with Crippen LogP contribution in [0.4, 0.5) is 5.69 Å². The molecule has 0 radical (unpaired) electrons. The molecule has 1 N–H and O–H groups in total. The van der Waals surface area contributed by atoms with Gasteiger partial charge in [0.25, 0.3) is 0 Å². The van der Waals surface area contributed by atoms with Crippen molar-refractivity contribution in [2.45, 2.75) is 58.5 Å². The third kappa shape index (κ3) is 9.23. The van der Waals surface area contributed by atoms with Crippen molar-refractivity contribution in [2.75, 3.05) is 23.7 Å². The van der Waals surface area contributed by atoms with Gasteiger partial charge in [-0.2, -0.15) is 0 Å². The number of aryl methyl sites for hydroxylation is 1. The van der Waals surface area contributed by atoms with Gasteiger partial charge in [0, 0.05) is 32.5 Å². The fraction of sp³-hybridized carbons (Fsp3) is 0.375. The van der Waals surface area contributed by atoms with Gasteiger partial charge >= 0.3 is 0 Å². The van der Waals surface area contributed by atoms with Crippen LogP contribution in [0, 0.1) is 6.92 Å². The number of carbonyl (C=O) groups is 2. The Balaban J connectivity index is 1.85. The first kappa shape index (κ1) is 30.9. The van der Waals surface area contributed by atoms with Crippen LogP contribution in [0.15, 0.2) is 84.9 Å². The molecule has 0 aliphatic carbocycles. The number of nitrogens with zero attached hydrogens (tertiary/aromatic N) is 2. The number of rotatable bonds is 15. The van der Waals surface area contributed by atoms with Gasteiger partial charge in [0.05, 0.1) is 11.9 Å². The molecule has 0 saturated carbocycles. The lowest BCUT2D eigenvalue weighted by Crippen LogP contribution is -2.50. The highest BCUT2D eigenvalue weighted by atomic mass is 32.2. The molecule has 40 heavy (non-hydrogen) atoms. The second kappa shape index (κ2) is 15.2. The second-order valence-corrected chi connectivity index (χ2v) is 12.0. The van der Waals surface area contributed by atoms with Gasteiger partial charge < -0.3 is 10.2 Å². The number of sulfonamides is 1. The number of amides is 2. The van der Waals surface area contributed by atoms with Gasteiger partial charge in [-0.1, -0.05) is 92.2 Å². The van der Waals surface area contributed by atoms with E-state index in [9.17, 15) is 18.0 Å². The number of nitrogens with one attached hydrogen (secondary N) is 1. The largest absolute Gasteiger partial charge is 0.354 e. The molecule has 0 unspecified atom stereocenters. The van der Waals surface area contributed by atoms with Crippen LogP contribution < -0.4 is 9.62 Å². The highest BCUT2D eigenvalue weighted by Gasteiger charge is 2.30. The van der Waals surface area contributed by atoms with Crippen molar-refractivity contribution >= 4 is 27.5 Å². The molecular formula is C32H41N3O4S. The van der Waals surface area contributed by atoms with E-state index in [0.717, 1.165) is 29.5 Å². The first-order chi connectivity index (χ1) is 19.2. The van der Waals surface area contributed by atoms with Crippen LogP contribution >= 0.6 is 0 Å². The molecular weight excluding hydrogens is 522 g/mol. The van der Waals surface area contributed by atoms with Crippen molar-refractivity contribution < 1.29 is 18.0 Å². The van der Waals surface area contributed by atoms with Crippen LogP contribution in [0.2, 0.25) is 0 Å². The maximum absolute atomic E-state index is 13.8. The Hall–Kier alpha value is -3.65. The quantitative estimate of drug-likeness (QED) is 0.261. The van der Waals surface area contributed by atoms with Crippen molar-refractivity contribution in [2.24, 2.45) is 0 Å². The summed E-state index contributed by atoms with van der Waals surface area (Å²) in [4.78, 5) is 29.0. The molecule has 214 valence electrons. The summed E-state index contributed by atoms with van der Waals surface area (Å²) in [6, 6.07) is 25.9. The maximum Gasteiger partial charge on any atom is 0.243 e. The first-order valence-corrected chi connectivity index (χ1v) is 15.7. The summed E-state index contributed by atoms with van der Waals surface area (Å²) < 4.78 is 26.6. The number of carbonyl (C=O) groups excluding carboxylic acids is 2. The summed E-state index contributed by atoms with van der Waals surface area (Å²) in [6.45, 7) is 4.93. The average molecular weight is 564 g/mol. The third-order valence-electron chi connectivity index (χ3n) is 6.83. The van der Waals surface area contributed by atoms with E-state index >= 15 is 0 Å². The lowest BCUT2D eigenvalue weighted by atomic mass is 10.0. The standard InChI is InChI=1S/C32H41N3O4S/c1-4-5-22-33-32(37)30(24-27-16-8-6-9-17-27)34(25-28-18-10-7-11-19-28)31(36)21-14-23-35(40(3,38)39)29-20-13-12-15-26(29)2/h6-13,15-20,30H,4-5,14,21-25H2,1-3H3,(H,33,37)/t30-/m0/s1. The molecule has 0 saturated heterocycles. The highest BCUT2D eigenvalue weighted by Crippen LogP contribution is 2.23. The molecule has 7 nitrogen and oxygen atoms in total. The summed E-state index contributed by atoms with van der Waals surface area (Å²) in [7, 11) is -3.55. The fourth-order valence-corrected chi connectivity index (χ4v) is 5.69. The van der Waals surface area contributed by atoms with Gasteiger partial charge in [0.1, 0.15) is 6.04 Å². The van der Waals surface area contributed by atoms with Gasteiger partial charge in [-0.15, -0.1) is 0 Å². The Bertz CT molecular complexity index is 1330. The molecule has 0 fully saturated rings. The van der Waals surface area contributed by atoms with E-state index in [1.807, 2.05) is 79.7 Å². The van der Waals surface area contributed by atoms with E-state index in [0.29, 0.717) is 25.1 Å². The van der Waals surface area contributed by atoms with Crippen molar-refractivity contribution in [3.05, 3.63) is 102 Å². The number of hydrogen-bond donors (Lipinski definition) is 1. The van der Waals surface area contributed by atoms with E-state index in [2.05, 4.69) is 12.2 Å². The van der Waals surface area contributed by atoms with Crippen LogP contribution in [-0.2, 0) is 32.6 Å². The van der Waals surface area contributed by atoms with E-state index in [-0.39, 0.29) is 31.3 Å². The number of hydrogen-bond acceptors (Lipinski definition) is 4. The Labute approximate surface area is 239 Å². The molecule has 3 aromatic rings. The molecule has 1 atom stereocenters. The second-order valence-electron chi connectivity index (χ2n) is 10.1. The molecule has 0 spiro atoms. The van der Waals surface area contributed by atoms with E-state index in [1.165, 1.54) is 10.6 Å². The summed E-state index contributed by atoms with van der Waals surface area (Å²) in [5, 5.41) is 3.03. The number of unbranched alkanes of at least 4 members (excludes halogenated alkanes) is 1. The monoisotopic (exact) mass is 563 g/mol. The number of benzene rings is 3. The normalized spacial score (nSPS) is 12.0. The summed E-state index contributed by atoms with van der Waals surface area (Å²) >= 11 is 0. The zero-order valence-corrected chi connectivity index (χ0v) is 24.6.